The molecule has 0 radical (unpaired) electrons. The molecule has 24 heavy (non-hydrogen) atoms. The van der Waals surface area contributed by atoms with Gasteiger partial charge in [-0.05, 0) is 45.2 Å². The minimum absolute atomic E-state index is 0.0665. The summed E-state index contributed by atoms with van der Waals surface area (Å²) in [6.07, 6.45) is 0. The van der Waals surface area contributed by atoms with Crippen LogP contribution >= 0.6 is 0 Å². The van der Waals surface area contributed by atoms with Gasteiger partial charge in [0.15, 0.2) is 5.78 Å². The van der Waals surface area contributed by atoms with E-state index in [0.29, 0.717) is 5.56 Å². The molecule has 0 spiro atoms. The van der Waals surface area contributed by atoms with Crippen molar-refractivity contribution in [3.8, 4) is 0 Å². The highest BCUT2D eigenvalue weighted by molar-refractivity contribution is 5.94. The fraction of sp³-hybridized carbons (Fsp3) is 0.389. The predicted octanol–water partition coefficient (Wildman–Crippen LogP) is 2.48. The summed E-state index contributed by atoms with van der Waals surface area (Å²) in [4.78, 5) is 25.0. The normalized spacial score (nSPS) is 15.4. The molecule has 1 aliphatic rings. The van der Waals surface area contributed by atoms with E-state index in [2.05, 4.69) is 32.1 Å². The molecule has 1 saturated heterocycles. The minimum Gasteiger partial charge on any atom is -0.354 e. The fourth-order valence-corrected chi connectivity index (χ4v) is 2.75. The van der Waals surface area contributed by atoms with Gasteiger partial charge in [-0.1, -0.05) is 0 Å². The number of hydrogen-bond donors (Lipinski definition) is 1. The zero-order valence-electron chi connectivity index (χ0n) is 14.4. The molecule has 0 atom stereocenters. The Balaban J connectivity index is 1.77. The molecule has 0 aliphatic carbocycles. The van der Waals surface area contributed by atoms with Crippen LogP contribution in [0.5, 0.6) is 0 Å². The monoisotopic (exact) mass is 325 g/mol. The molecule has 1 aromatic heterocycles. The number of nitrogens with zero attached hydrogens (tertiary/aromatic N) is 4. The van der Waals surface area contributed by atoms with Crippen LogP contribution in [0.3, 0.4) is 0 Å². The van der Waals surface area contributed by atoms with Crippen molar-refractivity contribution in [1.82, 2.24) is 14.9 Å². The maximum atomic E-state index is 11.4. The standard InChI is InChI=1S/C18H23N5O/c1-13(24)15-4-6-16(7-5-15)21-17-12-18(20-14(2)19-17)23-10-8-22(3)9-11-23/h4-7,12H,8-11H2,1-3H3,(H,19,20,21). The second-order valence-electron chi connectivity index (χ2n) is 6.21. The molecule has 0 amide bonds. The summed E-state index contributed by atoms with van der Waals surface area (Å²) in [5.74, 6) is 2.54. The summed E-state index contributed by atoms with van der Waals surface area (Å²) < 4.78 is 0. The number of aromatic nitrogens is 2. The van der Waals surface area contributed by atoms with E-state index in [4.69, 9.17) is 0 Å². The Kier molecular flexibility index (Phi) is 4.76. The van der Waals surface area contributed by atoms with Crippen LogP contribution in [0.25, 0.3) is 0 Å². The van der Waals surface area contributed by atoms with E-state index in [1.165, 1.54) is 0 Å². The zero-order valence-corrected chi connectivity index (χ0v) is 14.4. The Hall–Kier alpha value is -2.47. The molecule has 1 N–H and O–H groups in total. The number of nitrogens with one attached hydrogen (secondary N) is 1. The van der Waals surface area contributed by atoms with E-state index in [-0.39, 0.29) is 5.78 Å². The number of hydrogen-bond acceptors (Lipinski definition) is 6. The molecule has 126 valence electrons. The van der Waals surface area contributed by atoms with E-state index in [0.717, 1.165) is 49.3 Å². The number of carbonyl (C=O) groups is 1. The largest absolute Gasteiger partial charge is 0.354 e. The molecule has 1 aliphatic heterocycles. The third kappa shape index (κ3) is 3.89. The van der Waals surface area contributed by atoms with Crippen LogP contribution in [-0.4, -0.2) is 53.9 Å². The van der Waals surface area contributed by atoms with Crippen LogP contribution in [0.4, 0.5) is 17.3 Å². The predicted molar refractivity (Wildman–Crippen MR) is 96.2 cm³/mol. The lowest BCUT2D eigenvalue weighted by Gasteiger charge is -2.33. The third-order valence-corrected chi connectivity index (χ3v) is 4.22. The topological polar surface area (TPSA) is 61.4 Å². The van der Waals surface area contributed by atoms with Gasteiger partial charge in [-0.25, -0.2) is 9.97 Å². The molecular weight excluding hydrogens is 302 g/mol. The van der Waals surface area contributed by atoms with Crippen molar-refractivity contribution >= 4 is 23.1 Å². The van der Waals surface area contributed by atoms with E-state index in [1.54, 1.807) is 6.92 Å². The first-order valence-electron chi connectivity index (χ1n) is 8.18. The summed E-state index contributed by atoms with van der Waals surface area (Å²) in [5.41, 5.74) is 1.61. The first-order valence-corrected chi connectivity index (χ1v) is 8.18. The van der Waals surface area contributed by atoms with E-state index < -0.39 is 0 Å². The SMILES string of the molecule is CC(=O)c1ccc(Nc2cc(N3CCN(C)CC3)nc(C)n2)cc1. The molecule has 2 heterocycles. The maximum Gasteiger partial charge on any atom is 0.159 e. The molecule has 1 aromatic carbocycles. The smallest absolute Gasteiger partial charge is 0.159 e. The lowest BCUT2D eigenvalue weighted by atomic mass is 10.1. The number of anilines is 3. The number of benzene rings is 1. The second kappa shape index (κ2) is 6.97. The van der Waals surface area contributed by atoms with Crippen molar-refractivity contribution in [1.29, 1.82) is 0 Å². The number of aryl methyl sites for hydroxylation is 1. The number of Topliss-reactive ketones (excluding diaryl/α,β-unsaturated/α-hetero) is 1. The third-order valence-electron chi connectivity index (χ3n) is 4.22. The first-order chi connectivity index (χ1) is 11.5. The van der Waals surface area contributed by atoms with E-state index >= 15 is 0 Å². The van der Waals surface area contributed by atoms with Gasteiger partial charge in [0.2, 0.25) is 0 Å². The van der Waals surface area contributed by atoms with Gasteiger partial charge in [-0.15, -0.1) is 0 Å². The van der Waals surface area contributed by atoms with Crippen LogP contribution in [0.2, 0.25) is 0 Å². The Bertz CT molecular complexity index is 721. The summed E-state index contributed by atoms with van der Waals surface area (Å²) in [7, 11) is 2.14. The molecule has 0 bridgehead atoms. The Morgan fingerprint density at radius 3 is 2.38 bits per heavy atom. The Labute approximate surface area is 142 Å². The quantitative estimate of drug-likeness (QED) is 0.872. The van der Waals surface area contributed by atoms with Crippen molar-refractivity contribution in [3.63, 3.8) is 0 Å². The van der Waals surface area contributed by atoms with Crippen molar-refractivity contribution in [3.05, 3.63) is 41.7 Å². The van der Waals surface area contributed by atoms with Gasteiger partial charge in [0, 0.05) is 43.5 Å². The van der Waals surface area contributed by atoms with Crippen LogP contribution in [0, 0.1) is 6.92 Å². The molecule has 6 heteroatoms. The Morgan fingerprint density at radius 1 is 1.08 bits per heavy atom. The number of piperazine rings is 1. The Morgan fingerprint density at radius 2 is 1.75 bits per heavy atom. The van der Waals surface area contributed by atoms with Gasteiger partial charge >= 0.3 is 0 Å². The summed E-state index contributed by atoms with van der Waals surface area (Å²) in [6.45, 7) is 7.50. The second-order valence-corrected chi connectivity index (χ2v) is 6.21. The number of rotatable bonds is 4. The molecule has 0 saturated carbocycles. The van der Waals surface area contributed by atoms with E-state index in [9.17, 15) is 4.79 Å². The van der Waals surface area contributed by atoms with Gasteiger partial charge in [-0.3, -0.25) is 4.79 Å². The molecule has 6 nitrogen and oxygen atoms in total. The van der Waals surface area contributed by atoms with Crippen molar-refractivity contribution in [2.45, 2.75) is 13.8 Å². The highest BCUT2D eigenvalue weighted by atomic mass is 16.1. The zero-order chi connectivity index (χ0) is 17.1. The summed E-state index contributed by atoms with van der Waals surface area (Å²) >= 11 is 0. The number of likely N-dealkylation sites (N-methyl/N-ethyl adjacent to an activating group) is 1. The fourth-order valence-electron chi connectivity index (χ4n) is 2.75. The lowest BCUT2D eigenvalue weighted by Crippen LogP contribution is -2.44. The van der Waals surface area contributed by atoms with E-state index in [1.807, 2.05) is 37.3 Å². The van der Waals surface area contributed by atoms with Crippen LogP contribution in [0.1, 0.15) is 23.1 Å². The van der Waals surface area contributed by atoms with Crippen molar-refractivity contribution in [2.75, 3.05) is 43.4 Å². The molecule has 1 fully saturated rings. The van der Waals surface area contributed by atoms with Gasteiger partial charge in [0.05, 0.1) is 0 Å². The van der Waals surface area contributed by atoms with Gasteiger partial charge < -0.3 is 15.1 Å². The highest BCUT2D eigenvalue weighted by Gasteiger charge is 2.16. The maximum absolute atomic E-state index is 11.4. The first kappa shape index (κ1) is 16.4. The molecule has 0 unspecified atom stereocenters. The molecule has 3 rings (SSSR count). The van der Waals surface area contributed by atoms with Crippen LogP contribution in [-0.2, 0) is 0 Å². The van der Waals surface area contributed by atoms with Gasteiger partial charge in [0.25, 0.3) is 0 Å². The van der Waals surface area contributed by atoms with Crippen LogP contribution in [0.15, 0.2) is 30.3 Å². The van der Waals surface area contributed by atoms with Crippen molar-refractivity contribution in [2.24, 2.45) is 0 Å². The van der Waals surface area contributed by atoms with Gasteiger partial charge in [0.1, 0.15) is 17.5 Å². The molecular formula is C18H23N5O. The highest BCUT2D eigenvalue weighted by Crippen LogP contribution is 2.21. The van der Waals surface area contributed by atoms with Gasteiger partial charge in [-0.2, -0.15) is 0 Å². The summed E-state index contributed by atoms with van der Waals surface area (Å²) in [6, 6.07) is 9.41. The lowest BCUT2D eigenvalue weighted by molar-refractivity contribution is 0.101. The number of ketones is 1. The number of carbonyl (C=O) groups excluding carboxylic acids is 1. The minimum atomic E-state index is 0.0665. The average molecular weight is 325 g/mol. The van der Waals surface area contributed by atoms with Crippen LogP contribution < -0.4 is 10.2 Å². The average Bonchev–Trinajstić information content (AvgIpc) is 2.55. The summed E-state index contributed by atoms with van der Waals surface area (Å²) in [5, 5.41) is 3.30. The molecule has 2 aromatic rings. The van der Waals surface area contributed by atoms with Crippen molar-refractivity contribution < 1.29 is 4.79 Å².